The van der Waals surface area contributed by atoms with Crippen LogP contribution in [0.2, 0.25) is 0 Å². The fourth-order valence-corrected chi connectivity index (χ4v) is 4.30. The van der Waals surface area contributed by atoms with Crippen molar-refractivity contribution in [1.82, 2.24) is 4.90 Å². The van der Waals surface area contributed by atoms with Gasteiger partial charge in [0.1, 0.15) is 0 Å². The minimum atomic E-state index is -0.0477. The van der Waals surface area contributed by atoms with Gasteiger partial charge in [0.25, 0.3) is 5.91 Å². The lowest BCUT2D eigenvalue weighted by Crippen LogP contribution is -2.38. The van der Waals surface area contributed by atoms with Crippen LogP contribution in [-0.2, 0) is 0 Å². The second-order valence-corrected chi connectivity index (χ2v) is 7.70. The summed E-state index contributed by atoms with van der Waals surface area (Å²) in [4.78, 5) is 14.3. The number of thiocarbonyl (C=S) groups is 1. The maximum absolute atomic E-state index is 12.3. The van der Waals surface area contributed by atoms with Crippen molar-refractivity contribution in [2.45, 2.75) is 13.3 Å². The summed E-state index contributed by atoms with van der Waals surface area (Å²) < 4.78 is 1.73. The Bertz CT molecular complexity index is 434. The maximum Gasteiger partial charge on any atom is 0.256 e. The highest BCUT2D eigenvalue weighted by Gasteiger charge is 2.20. The van der Waals surface area contributed by atoms with Crippen LogP contribution in [-0.4, -0.2) is 28.9 Å². The molecule has 1 amide bonds. The first-order valence-corrected chi connectivity index (χ1v) is 7.79. The molecule has 0 aliphatic carbocycles. The molecule has 1 aromatic heterocycles. The van der Waals surface area contributed by atoms with Crippen molar-refractivity contribution in [1.29, 1.82) is 0 Å². The monoisotopic (exact) mass is 398 g/mol. The lowest BCUT2D eigenvalue weighted by molar-refractivity contribution is 0.0779. The van der Waals surface area contributed by atoms with Crippen LogP contribution >= 0.6 is 55.4 Å². The standard InChI is InChI=1S/C10H12Br2N2OS2/c1-2-3-14(5-8(13)16)10(15)6-4-7(11)17-9(6)12/h4H,2-3,5H2,1H3,(H2,13,16). The van der Waals surface area contributed by atoms with Gasteiger partial charge >= 0.3 is 0 Å². The van der Waals surface area contributed by atoms with Gasteiger partial charge in [0.05, 0.1) is 24.7 Å². The van der Waals surface area contributed by atoms with Gasteiger partial charge in [-0.1, -0.05) is 19.1 Å². The third kappa shape index (κ3) is 4.31. The van der Waals surface area contributed by atoms with E-state index < -0.39 is 0 Å². The van der Waals surface area contributed by atoms with E-state index in [2.05, 4.69) is 31.9 Å². The van der Waals surface area contributed by atoms with Gasteiger partial charge in [-0.3, -0.25) is 4.79 Å². The Labute approximate surface area is 127 Å². The number of nitrogens with zero attached hydrogens (tertiary/aromatic N) is 1. The number of hydrogen-bond acceptors (Lipinski definition) is 3. The Hall–Kier alpha value is 0.0200. The van der Waals surface area contributed by atoms with Gasteiger partial charge in [-0.2, -0.15) is 0 Å². The maximum atomic E-state index is 12.3. The summed E-state index contributed by atoms with van der Waals surface area (Å²) in [7, 11) is 0. The molecule has 0 saturated carbocycles. The third-order valence-electron chi connectivity index (χ3n) is 2.01. The topological polar surface area (TPSA) is 46.3 Å². The molecule has 0 saturated heterocycles. The molecule has 2 N–H and O–H groups in total. The van der Waals surface area contributed by atoms with Crippen LogP contribution in [0, 0.1) is 0 Å². The minimum absolute atomic E-state index is 0.0477. The average Bonchev–Trinajstić information content (AvgIpc) is 2.55. The molecular formula is C10H12Br2N2OS2. The van der Waals surface area contributed by atoms with Crippen LogP contribution < -0.4 is 5.73 Å². The summed E-state index contributed by atoms with van der Waals surface area (Å²) in [5.41, 5.74) is 6.15. The molecule has 94 valence electrons. The summed E-state index contributed by atoms with van der Waals surface area (Å²) in [6.45, 7) is 2.98. The fourth-order valence-electron chi connectivity index (χ4n) is 1.37. The van der Waals surface area contributed by atoms with Gasteiger partial charge in [0.2, 0.25) is 0 Å². The number of rotatable bonds is 5. The zero-order valence-electron chi connectivity index (χ0n) is 9.20. The van der Waals surface area contributed by atoms with Gasteiger partial charge in [0, 0.05) is 6.54 Å². The Morgan fingerprint density at radius 2 is 2.24 bits per heavy atom. The molecule has 0 atom stereocenters. The number of carbonyl (C=O) groups is 1. The first kappa shape index (κ1) is 15.1. The van der Waals surface area contributed by atoms with E-state index in [0.717, 1.165) is 14.0 Å². The molecule has 7 heteroatoms. The van der Waals surface area contributed by atoms with Crippen molar-refractivity contribution < 1.29 is 4.79 Å². The summed E-state index contributed by atoms with van der Waals surface area (Å²) in [6.07, 6.45) is 0.872. The molecule has 1 heterocycles. The molecule has 1 aromatic rings. The molecular weight excluding hydrogens is 388 g/mol. The minimum Gasteiger partial charge on any atom is -0.392 e. The van der Waals surface area contributed by atoms with Crippen LogP contribution in [0.15, 0.2) is 13.6 Å². The molecule has 0 radical (unpaired) electrons. The van der Waals surface area contributed by atoms with Gasteiger partial charge < -0.3 is 10.6 Å². The zero-order valence-corrected chi connectivity index (χ0v) is 14.0. The molecule has 0 fully saturated rings. The second kappa shape index (κ2) is 6.82. The Balaban J connectivity index is 2.91. The quantitative estimate of drug-likeness (QED) is 0.771. The molecule has 0 aliphatic heterocycles. The highest BCUT2D eigenvalue weighted by molar-refractivity contribution is 9.12. The number of carbonyl (C=O) groups excluding carboxylic acids is 1. The second-order valence-electron chi connectivity index (χ2n) is 3.43. The van der Waals surface area contributed by atoms with Crippen molar-refractivity contribution >= 4 is 66.3 Å². The molecule has 0 unspecified atom stereocenters. The first-order chi connectivity index (χ1) is 7.95. The van der Waals surface area contributed by atoms with E-state index in [1.165, 1.54) is 11.3 Å². The number of amides is 1. The van der Waals surface area contributed by atoms with Gasteiger partial charge in [0.15, 0.2) is 0 Å². The molecule has 0 spiro atoms. The van der Waals surface area contributed by atoms with Crippen LogP contribution in [0.4, 0.5) is 0 Å². The van der Waals surface area contributed by atoms with E-state index in [-0.39, 0.29) is 5.91 Å². The van der Waals surface area contributed by atoms with Gasteiger partial charge in [-0.25, -0.2) is 0 Å². The van der Waals surface area contributed by atoms with Crippen LogP contribution in [0.25, 0.3) is 0 Å². The van der Waals surface area contributed by atoms with E-state index in [1.54, 1.807) is 11.0 Å². The largest absolute Gasteiger partial charge is 0.392 e. The Kier molecular flexibility index (Phi) is 6.05. The van der Waals surface area contributed by atoms with Crippen LogP contribution in [0.3, 0.4) is 0 Å². The lowest BCUT2D eigenvalue weighted by Gasteiger charge is -2.21. The molecule has 0 bridgehead atoms. The fraction of sp³-hybridized carbons (Fsp3) is 0.400. The van der Waals surface area contributed by atoms with Crippen molar-refractivity contribution in [2.75, 3.05) is 13.1 Å². The number of hydrogen-bond donors (Lipinski definition) is 1. The molecule has 1 rings (SSSR count). The number of thiophene rings is 1. The molecule has 0 aromatic carbocycles. The first-order valence-electron chi connectivity index (χ1n) is 4.98. The Morgan fingerprint density at radius 3 is 2.65 bits per heavy atom. The van der Waals surface area contributed by atoms with Gasteiger partial charge in [-0.05, 0) is 44.3 Å². The summed E-state index contributed by atoms with van der Waals surface area (Å²) in [5.74, 6) is -0.0477. The van der Waals surface area contributed by atoms with E-state index in [9.17, 15) is 4.79 Å². The summed E-state index contributed by atoms with van der Waals surface area (Å²) in [6, 6.07) is 1.80. The average molecular weight is 400 g/mol. The van der Waals surface area contributed by atoms with E-state index >= 15 is 0 Å². The predicted molar refractivity (Wildman–Crippen MR) is 82.7 cm³/mol. The molecule has 3 nitrogen and oxygen atoms in total. The number of halogens is 2. The highest BCUT2D eigenvalue weighted by Crippen LogP contribution is 2.32. The third-order valence-corrected chi connectivity index (χ3v) is 4.48. The van der Waals surface area contributed by atoms with Crippen molar-refractivity contribution in [3.8, 4) is 0 Å². The molecule has 17 heavy (non-hydrogen) atoms. The normalized spacial score (nSPS) is 10.3. The van der Waals surface area contributed by atoms with Crippen LogP contribution in [0.1, 0.15) is 23.7 Å². The van der Waals surface area contributed by atoms with E-state index in [1.807, 2.05) is 6.92 Å². The van der Waals surface area contributed by atoms with Gasteiger partial charge in [-0.15, -0.1) is 11.3 Å². The lowest BCUT2D eigenvalue weighted by atomic mass is 10.2. The zero-order chi connectivity index (χ0) is 13.0. The summed E-state index contributed by atoms with van der Waals surface area (Å²) in [5, 5.41) is 0. The van der Waals surface area contributed by atoms with E-state index in [0.29, 0.717) is 23.6 Å². The van der Waals surface area contributed by atoms with Crippen molar-refractivity contribution in [3.63, 3.8) is 0 Å². The predicted octanol–water partition coefficient (Wildman–Crippen LogP) is 3.41. The molecule has 0 aliphatic rings. The van der Waals surface area contributed by atoms with Crippen molar-refractivity contribution in [3.05, 3.63) is 19.2 Å². The van der Waals surface area contributed by atoms with Crippen LogP contribution in [0.5, 0.6) is 0 Å². The van der Waals surface area contributed by atoms with E-state index in [4.69, 9.17) is 18.0 Å². The number of nitrogens with two attached hydrogens (primary N) is 1. The highest BCUT2D eigenvalue weighted by atomic mass is 79.9. The SMILES string of the molecule is CCCN(CC(N)=S)C(=O)c1cc(Br)sc1Br. The smallest absolute Gasteiger partial charge is 0.256 e. The Morgan fingerprint density at radius 1 is 1.59 bits per heavy atom. The van der Waals surface area contributed by atoms with Crippen molar-refractivity contribution in [2.24, 2.45) is 5.73 Å². The summed E-state index contributed by atoms with van der Waals surface area (Å²) >= 11 is 13.1.